The Morgan fingerprint density at radius 2 is 2.31 bits per heavy atom. The number of aryl methyl sites for hydroxylation is 1. The highest BCUT2D eigenvalue weighted by atomic mass is 16.5. The molecule has 0 spiro atoms. The van der Waals surface area contributed by atoms with Crippen LogP contribution in [-0.4, -0.2) is 19.8 Å². The molecule has 0 amide bonds. The molecule has 1 aliphatic carbocycles. The Hall–Kier alpha value is -0.860. The van der Waals surface area contributed by atoms with E-state index in [2.05, 4.69) is 37.4 Å². The molecular formula is C14H21NO. The first-order chi connectivity index (χ1) is 7.72. The zero-order valence-electron chi connectivity index (χ0n) is 10.4. The van der Waals surface area contributed by atoms with E-state index in [1.807, 2.05) is 0 Å². The minimum atomic E-state index is 0.418. The largest absolute Gasteiger partial charge is 0.383 e. The summed E-state index contributed by atoms with van der Waals surface area (Å²) >= 11 is 0. The molecule has 0 aromatic heterocycles. The van der Waals surface area contributed by atoms with E-state index >= 15 is 0 Å². The van der Waals surface area contributed by atoms with E-state index < -0.39 is 0 Å². The summed E-state index contributed by atoms with van der Waals surface area (Å²) in [5, 5.41) is 3.64. The van der Waals surface area contributed by atoms with Gasteiger partial charge in [0.15, 0.2) is 0 Å². The van der Waals surface area contributed by atoms with Crippen molar-refractivity contribution in [2.24, 2.45) is 0 Å². The summed E-state index contributed by atoms with van der Waals surface area (Å²) in [4.78, 5) is 0. The average Bonchev–Trinajstić information content (AvgIpc) is 2.64. The van der Waals surface area contributed by atoms with Crippen LogP contribution in [0.5, 0.6) is 0 Å². The topological polar surface area (TPSA) is 21.3 Å². The molecule has 1 aromatic carbocycles. The van der Waals surface area contributed by atoms with E-state index in [0.717, 1.165) is 6.61 Å². The van der Waals surface area contributed by atoms with Crippen molar-refractivity contribution in [2.75, 3.05) is 13.7 Å². The molecule has 0 radical (unpaired) electrons. The fourth-order valence-corrected chi connectivity index (χ4v) is 2.65. The third-order valence-corrected chi connectivity index (χ3v) is 3.41. The van der Waals surface area contributed by atoms with Crippen LogP contribution in [0.15, 0.2) is 18.2 Å². The van der Waals surface area contributed by atoms with Gasteiger partial charge in [-0.25, -0.2) is 0 Å². The summed E-state index contributed by atoms with van der Waals surface area (Å²) < 4.78 is 5.16. The Morgan fingerprint density at radius 3 is 3.06 bits per heavy atom. The van der Waals surface area contributed by atoms with Gasteiger partial charge in [0.25, 0.3) is 0 Å². The quantitative estimate of drug-likeness (QED) is 0.840. The lowest BCUT2D eigenvalue weighted by Crippen LogP contribution is -2.32. The standard InChI is InChI=1S/C14H21NO/c1-10-5-4-6-13-12(10)7-8-14(13)15-11(2)9-16-3/h4-6,11,14-15H,7-9H2,1-3H3. The second-order valence-electron chi connectivity index (χ2n) is 4.76. The molecule has 1 N–H and O–H groups in total. The van der Waals surface area contributed by atoms with E-state index in [0.29, 0.717) is 12.1 Å². The lowest BCUT2D eigenvalue weighted by atomic mass is 10.0. The number of hydrogen-bond donors (Lipinski definition) is 1. The number of benzene rings is 1. The lowest BCUT2D eigenvalue weighted by Gasteiger charge is -2.19. The highest BCUT2D eigenvalue weighted by Crippen LogP contribution is 2.33. The summed E-state index contributed by atoms with van der Waals surface area (Å²) in [6.07, 6.45) is 2.42. The van der Waals surface area contributed by atoms with Crippen molar-refractivity contribution in [3.63, 3.8) is 0 Å². The van der Waals surface area contributed by atoms with Gasteiger partial charge >= 0.3 is 0 Å². The molecule has 2 nitrogen and oxygen atoms in total. The van der Waals surface area contributed by atoms with Gasteiger partial charge in [0.05, 0.1) is 6.61 Å². The molecule has 2 heteroatoms. The number of hydrogen-bond acceptors (Lipinski definition) is 2. The predicted molar refractivity (Wildman–Crippen MR) is 66.7 cm³/mol. The second kappa shape index (κ2) is 4.98. The molecule has 0 heterocycles. The summed E-state index contributed by atoms with van der Waals surface area (Å²) in [6.45, 7) is 5.16. The van der Waals surface area contributed by atoms with Crippen LogP contribution in [0, 0.1) is 6.92 Å². The molecule has 0 saturated carbocycles. The van der Waals surface area contributed by atoms with Crippen molar-refractivity contribution in [2.45, 2.75) is 38.8 Å². The van der Waals surface area contributed by atoms with Crippen molar-refractivity contribution in [3.05, 3.63) is 34.9 Å². The molecule has 1 aromatic rings. The minimum absolute atomic E-state index is 0.418. The molecule has 88 valence electrons. The van der Waals surface area contributed by atoms with Gasteiger partial charge in [-0.15, -0.1) is 0 Å². The van der Waals surface area contributed by atoms with E-state index in [-0.39, 0.29) is 0 Å². The van der Waals surface area contributed by atoms with Gasteiger partial charge in [-0.2, -0.15) is 0 Å². The molecule has 16 heavy (non-hydrogen) atoms. The maximum atomic E-state index is 5.16. The van der Waals surface area contributed by atoms with Gasteiger partial charge in [-0.3, -0.25) is 0 Å². The Morgan fingerprint density at radius 1 is 1.50 bits per heavy atom. The lowest BCUT2D eigenvalue weighted by molar-refractivity contribution is 0.166. The predicted octanol–water partition coefficient (Wildman–Crippen LogP) is 2.61. The van der Waals surface area contributed by atoms with E-state index in [1.165, 1.54) is 24.0 Å². The number of nitrogens with one attached hydrogen (secondary N) is 1. The van der Waals surface area contributed by atoms with E-state index in [1.54, 1.807) is 12.7 Å². The first-order valence-electron chi connectivity index (χ1n) is 6.05. The fourth-order valence-electron chi connectivity index (χ4n) is 2.65. The molecular weight excluding hydrogens is 198 g/mol. The molecule has 2 atom stereocenters. The van der Waals surface area contributed by atoms with Crippen molar-refractivity contribution in [1.29, 1.82) is 0 Å². The highest BCUT2D eigenvalue weighted by molar-refractivity contribution is 5.40. The first kappa shape index (κ1) is 11.6. The highest BCUT2D eigenvalue weighted by Gasteiger charge is 2.24. The van der Waals surface area contributed by atoms with Gasteiger partial charge < -0.3 is 10.1 Å². The summed E-state index contributed by atoms with van der Waals surface area (Å²) in [7, 11) is 1.75. The average molecular weight is 219 g/mol. The van der Waals surface area contributed by atoms with Gasteiger partial charge in [0, 0.05) is 19.2 Å². The fraction of sp³-hybridized carbons (Fsp3) is 0.571. The zero-order chi connectivity index (χ0) is 11.5. The van der Waals surface area contributed by atoms with E-state index in [9.17, 15) is 0 Å². The minimum Gasteiger partial charge on any atom is -0.383 e. The Bertz CT molecular complexity index is 362. The maximum absolute atomic E-state index is 5.16. The van der Waals surface area contributed by atoms with E-state index in [4.69, 9.17) is 4.74 Å². The van der Waals surface area contributed by atoms with Crippen LogP contribution in [0.1, 0.15) is 36.1 Å². The molecule has 0 fully saturated rings. The molecule has 1 aliphatic rings. The van der Waals surface area contributed by atoms with Crippen LogP contribution in [0.3, 0.4) is 0 Å². The number of methoxy groups -OCH3 is 1. The van der Waals surface area contributed by atoms with Crippen LogP contribution in [0.25, 0.3) is 0 Å². The van der Waals surface area contributed by atoms with Gasteiger partial charge in [0.2, 0.25) is 0 Å². The molecule has 0 saturated heterocycles. The molecule has 2 rings (SSSR count). The number of rotatable bonds is 4. The third-order valence-electron chi connectivity index (χ3n) is 3.41. The Balaban J connectivity index is 2.09. The zero-order valence-corrected chi connectivity index (χ0v) is 10.4. The smallest absolute Gasteiger partial charge is 0.0613 e. The number of ether oxygens (including phenoxy) is 1. The van der Waals surface area contributed by atoms with Gasteiger partial charge in [-0.05, 0) is 43.4 Å². The third kappa shape index (κ3) is 2.28. The summed E-state index contributed by atoms with van der Waals surface area (Å²) in [6, 6.07) is 7.56. The van der Waals surface area contributed by atoms with Crippen LogP contribution < -0.4 is 5.32 Å². The van der Waals surface area contributed by atoms with Crippen molar-refractivity contribution >= 4 is 0 Å². The monoisotopic (exact) mass is 219 g/mol. The normalized spacial score (nSPS) is 20.8. The first-order valence-corrected chi connectivity index (χ1v) is 6.05. The summed E-state index contributed by atoms with van der Waals surface area (Å²) in [5.41, 5.74) is 4.47. The van der Waals surface area contributed by atoms with Gasteiger partial charge in [-0.1, -0.05) is 18.2 Å². The van der Waals surface area contributed by atoms with Crippen LogP contribution >= 0.6 is 0 Å². The van der Waals surface area contributed by atoms with Crippen molar-refractivity contribution < 1.29 is 4.74 Å². The number of fused-ring (bicyclic) bond motifs is 1. The Labute approximate surface area is 98.0 Å². The molecule has 0 aliphatic heterocycles. The SMILES string of the molecule is COCC(C)NC1CCc2c(C)cccc21. The molecule has 0 bridgehead atoms. The molecule has 2 unspecified atom stereocenters. The summed E-state index contributed by atoms with van der Waals surface area (Å²) in [5.74, 6) is 0. The van der Waals surface area contributed by atoms with Crippen molar-refractivity contribution in [3.8, 4) is 0 Å². The van der Waals surface area contributed by atoms with Crippen LogP contribution in [-0.2, 0) is 11.2 Å². The maximum Gasteiger partial charge on any atom is 0.0613 e. The Kier molecular flexibility index (Phi) is 3.62. The second-order valence-corrected chi connectivity index (χ2v) is 4.76. The van der Waals surface area contributed by atoms with Crippen LogP contribution in [0.2, 0.25) is 0 Å². The van der Waals surface area contributed by atoms with Gasteiger partial charge in [0.1, 0.15) is 0 Å². The van der Waals surface area contributed by atoms with Crippen molar-refractivity contribution in [1.82, 2.24) is 5.32 Å². The van der Waals surface area contributed by atoms with Crippen LogP contribution in [0.4, 0.5) is 0 Å².